The molecule has 0 bridgehead atoms. The van der Waals surface area contributed by atoms with Crippen molar-refractivity contribution in [2.75, 3.05) is 7.11 Å². The van der Waals surface area contributed by atoms with E-state index in [4.69, 9.17) is 0 Å². The third-order valence-corrected chi connectivity index (χ3v) is 2.37. The summed E-state index contributed by atoms with van der Waals surface area (Å²) in [5.41, 5.74) is 0.302. The molecule has 0 spiro atoms. The Morgan fingerprint density at radius 2 is 2.05 bits per heavy atom. The van der Waals surface area contributed by atoms with E-state index in [1.165, 1.54) is 24.9 Å². The minimum atomic E-state index is -0.595. The van der Waals surface area contributed by atoms with Crippen LogP contribution < -0.4 is 0 Å². The molecule has 0 atom stereocenters. The molecule has 0 amide bonds. The van der Waals surface area contributed by atoms with Crippen LogP contribution in [-0.2, 0) is 4.74 Å². The number of esters is 1. The highest BCUT2D eigenvalue weighted by Crippen LogP contribution is 2.14. The van der Waals surface area contributed by atoms with Gasteiger partial charge in [-0.15, -0.1) is 0 Å². The Balaban J connectivity index is 0.00000180. The van der Waals surface area contributed by atoms with Crippen LogP contribution in [-0.4, -0.2) is 33.6 Å². The maximum absolute atomic E-state index is 11.6. The molecule has 0 saturated carbocycles. The van der Waals surface area contributed by atoms with Gasteiger partial charge in [0.2, 0.25) is 0 Å². The van der Waals surface area contributed by atoms with Gasteiger partial charge in [-0.25, -0.2) is 14.5 Å². The van der Waals surface area contributed by atoms with Crippen molar-refractivity contribution < 1.29 is 14.3 Å². The second-order valence-corrected chi connectivity index (χ2v) is 3.55. The van der Waals surface area contributed by atoms with Crippen molar-refractivity contribution in [2.24, 2.45) is 0 Å². The lowest BCUT2D eigenvalue weighted by Gasteiger charge is -2.04. The molecule has 0 saturated heterocycles. The van der Waals surface area contributed by atoms with Crippen molar-refractivity contribution in [1.82, 2.24) is 14.8 Å². The largest absolute Gasteiger partial charge is 0.465 e. The lowest BCUT2D eigenvalue weighted by atomic mass is 10.2. The van der Waals surface area contributed by atoms with Crippen LogP contribution in [0.4, 0.5) is 0 Å². The quantitative estimate of drug-likeness (QED) is 0.623. The third-order valence-electron chi connectivity index (χ3n) is 2.37. The molecule has 6 heteroatoms. The van der Waals surface area contributed by atoms with Gasteiger partial charge in [-0.1, -0.05) is 13.5 Å². The molecule has 0 aromatic carbocycles. The minimum Gasteiger partial charge on any atom is -0.465 e. The number of methoxy groups -OCH3 is 1. The Hall–Kier alpha value is -2.50. The molecule has 0 aliphatic carbocycles. The monoisotopic (exact) mass is 261 g/mol. The SMILES string of the molecule is C.COC(=O)c1cnn(-c2ccccn2)c1C(C)=O. The Kier molecular flexibility index (Phi) is 4.52. The first kappa shape index (κ1) is 14.6. The van der Waals surface area contributed by atoms with E-state index in [1.54, 1.807) is 24.4 Å². The average Bonchev–Trinajstić information content (AvgIpc) is 2.83. The maximum Gasteiger partial charge on any atom is 0.341 e. The van der Waals surface area contributed by atoms with Gasteiger partial charge in [0.25, 0.3) is 0 Å². The smallest absolute Gasteiger partial charge is 0.341 e. The highest BCUT2D eigenvalue weighted by Gasteiger charge is 2.22. The van der Waals surface area contributed by atoms with Gasteiger partial charge >= 0.3 is 5.97 Å². The van der Waals surface area contributed by atoms with Crippen molar-refractivity contribution in [3.63, 3.8) is 0 Å². The van der Waals surface area contributed by atoms with Crippen LogP contribution in [0.2, 0.25) is 0 Å². The van der Waals surface area contributed by atoms with E-state index in [2.05, 4.69) is 14.8 Å². The zero-order chi connectivity index (χ0) is 13.1. The normalized spacial score (nSPS) is 9.58. The summed E-state index contributed by atoms with van der Waals surface area (Å²) in [6.45, 7) is 1.36. The fourth-order valence-corrected chi connectivity index (χ4v) is 1.60. The first-order valence-corrected chi connectivity index (χ1v) is 5.24. The van der Waals surface area contributed by atoms with Gasteiger partial charge in [0.15, 0.2) is 11.6 Å². The van der Waals surface area contributed by atoms with E-state index >= 15 is 0 Å². The molecule has 0 aliphatic heterocycles. The summed E-state index contributed by atoms with van der Waals surface area (Å²) >= 11 is 0. The predicted octanol–water partition coefficient (Wildman–Crippen LogP) is 1.89. The van der Waals surface area contributed by atoms with Crippen LogP contribution in [0.3, 0.4) is 0 Å². The second kappa shape index (κ2) is 5.90. The second-order valence-electron chi connectivity index (χ2n) is 3.55. The summed E-state index contributed by atoms with van der Waals surface area (Å²) in [4.78, 5) is 27.3. The number of carbonyl (C=O) groups is 2. The van der Waals surface area contributed by atoms with Crippen molar-refractivity contribution >= 4 is 11.8 Å². The van der Waals surface area contributed by atoms with Gasteiger partial charge in [0.05, 0.1) is 13.3 Å². The lowest BCUT2D eigenvalue weighted by Crippen LogP contribution is -2.12. The van der Waals surface area contributed by atoms with Gasteiger partial charge in [-0.3, -0.25) is 4.79 Å². The van der Waals surface area contributed by atoms with Crippen molar-refractivity contribution in [3.8, 4) is 5.82 Å². The van der Waals surface area contributed by atoms with Crippen molar-refractivity contribution in [2.45, 2.75) is 14.4 Å². The number of hydrogen-bond donors (Lipinski definition) is 0. The Bertz CT molecular complexity index is 590. The van der Waals surface area contributed by atoms with Crippen molar-refractivity contribution in [3.05, 3.63) is 41.9 Å². The zero-order valence-corrected chi connectivity index (χ0v) is 9.95. The highest BCUT2D eigenvalue weighted by atomic mass is 16.5. The number of hydrogen-bond acceptors (Lipinski definition) is 5. The first-order chi connectivity index (χ1) is 8.65. The van der Waals surface area contributed by atoms with Crippen molar-refractivity contribution in [1.29, 1.82) is 0 Å². The Morgan fingerprint density at radius 1 is 1.32 bits per heavy atom. The number of aromatic nitrogens is 3. The molecule has 6 nitrogen and oxygen atoms in total. The van der Waals surface area contributed by atoms with E-state index in [0.717, 1.165) is 0 Å². The number of carbonyl (C=O) groups excluding carboxylic acids is 2. The molecule has 0 N–H and O–H groups in total. The van der Waals surface area contributed by atoms with Gasteiger partial charge in [-0.05, 0) is 12.1 Å². The number of rotatable bonds is 3. The molecule has 100 valence electrons. The van der Waals surface area contributed by atoms with Gasteiger partial charge in [0.1, 0.15) is 11.3 Å². The van der Waals surface area contributed by atoms with Crippen LogP contribution in [0.15, 0.2) is 30.6 Å². The highest BCUT2D eigenvalue weighted by molar-refractivity contribution is 6.04. The number of nitrogens with zero attached hydrogens (tertiary/aromatic N) is 3. The van der Waals surface area contributed by atoms with E-state index in [-0.39, 0.29) is 24.5 Å². The summed E-state index contributed by atoms with van der Waals surface area (Å²) < 4.78 is 5.94. The molecule has 2 rings (SSSR count). The van der Waals surface area contributed by atoms with Gasteiger partial charge in [0, 0.05) is 13.1 Å². The van der Waals surface area contributed by atoms with Crippen LogP contribution in [0.5, 0.6) is 0 Å². The molecule has 2 aromatic heterocycles. The molecular weight excluding hydrogens is 246 g/mol. The van der Waals surface area contributed by atoms with Gasteiger partial charge < -0.3 is 4.74 Å². The molecule has 2 heterocycles. The number of pyridine rings is 1. The molecule has 0 fully saturated rings. The Labute approximate surface area is 111 Å². The summed E-state index contributed by atoms with van der Waals surface area (Å²) in [7, 11) is 1.25. The number of ketones is 1. The summed E-state index contributed by atoms with van der Waals surface area (Å²) in [5, 5.41) is 4.01. The molecule has 0 aliphatic rings. The summed E-state index contributed by atoms with van der Waals surface area (Å²) in [6.07, 6.45) is 2.88. The van der Waals surface area contributed by atoms with Crippen LogP contribution in [0.25, 0.3) is 5.82 Å². The predicted molar refractivity (Wildman–Crippen MR) is 69.4 cm³/mol. The van der Waals surface area contributed by atoms with E-state index in [0.29, 0.717) is 5.82 Å². The maximum atomic E-state index is 11.6. The molecular formula is C13H15N3O3. The summed E-state index contributed by atoms with van der Waals surface area (Å²) in [5.74, 6) is -0.404. The summed E-state index contributed by atoms with van der Waals surface area (Å²) in [6, 6.07) is 5.22. The molecule has 2 aromatic rings. The number of ether oxygens (including phenoxy) is 1. The fraction of sp³-hybridized carbons (Fsp3) is 0.231. The van der Waals surface area contributed by atoms with E-state index in [1.807, 2.05) is 0 Å². The molecule has 19 heavy (non-hydrogen) atoms. The standard InChI is InChI=1S/C12H11N3O3.CH4/c1-8(16)11-9(12(17)18-2)7-14-15(11)10-5-3-4-6-13-10;/h3-7H,1-2H3;1H4. The third kappa shape index (κ3) is 2.67. The average molecular weight is 261 g/mol. The topological polar surface area (TPSA) is 74.1 Å². The minimum absolute atomic E-state index is 0. The number of Topliss-reactive ketones (excluding diaryl/α,β-unsaturated/α-hetero) is 1. The van der Waals surface area contributed by atoms with E-state index in [9.17, 15) is 9.59 Å². The Morgan fingerprint density at radius 3 is 2.58 bits per heavy atom. The van der Waals surface area contributed by atoms with E-state index < -0.39 is 5.97 Å². The fourth-order valence-electron chi connectivity index (χ4n) is 1.60. The zero-order valence-electron chi connectivity index (χ0n) is 9.95. The van der Waals surface area contributed by atoms with Crippen LogP contribution in [0, 0.1) is 0 Å². The molecule has 0 radical (unpaired) electrons. The lowest BCUT2D eigenvalue weighted by molar-refractivity contribution is 0.0597. The first-order valence-electron chi connectivity index (χ1n) is 5.24. The van der Waals surface area contributed by atoms with Gasteiger partial charge in [-0.2, -0.15) is 5.10 Å². The molecule has 0 unspecified atom stereocenters. The van der Waals surface area contributed by atoms with Crippen LogP contribution >= 0.6 is 0 Å². The van der Waals surface area contributed by atoms with Crippen LogP contribution in [0.1, 0.15) is 35.2 Å².